The summed E-state index contributed by atoms with van der Waals surface area (Å²) in [6.07, 6.45) is 1.89. The number of nitrogens with zero attached hydrogens (tertiary/aromatic N) is 1. The summed E-state index contributed by atoms with van der Waals surface area (Å²) >= 11 is 5.17. The van der Waals surface area contributed by atoms with Crippen LogP contribution in [-0.2, 0) is 0 Å². The molecule has 0 unspecified atom stereocenters. The first-order valence-corrected chi connectivity index (χ1v) is 7.02. The highest BCUT2D eigenvalue weighted by Crippen LogP contribution is 2.22. The maximum Gasteiger partial charge on any atom is 0.105 e. The molecule has 0 saturated carbocycles. The van der Waals surface area contributed by atoms with Gasteiger partial charge in [-0.2, -0.15) is 0 Å². The molecule has 1 aromatic heterocycles. The van der Waals surface area contributed by atoms with E-state index in [2.05, 4.69) is 4.99 Å². The lowest BCUT2D eigenvalue weighted by Gasteiger charge is -1.91. The lowest BCUT2D eigenvalue weighted by molar-refractivity contribution is 1.51. The van der Waals surface area contributed by atoms with Crippen molar-refractivity contribution in [2.45, 2.75) is 6.92 Å². The van der Waals surface area contributed by atoms with Crippen LogP contribution in [-0.4, -0.2) is 6.21 Å². The van der Waals surface area contributed by atoms with Gasteiger partial charge in [0.05, 0.1) is 10.6 Å². The molecule has 1 heterocycles. The van der Waals surface area contributed by atoms with Crippen LogP contribution in [0.4, 0.5) is 5.69 Å². The first-order chi connectivity index (χ1) is 7.27. The topological polar surface area (TPSA) is 12.4 Å². The molecule has 0 aliphatic carbocycles. The fourth-order valence-electron chi connectivity index (χ4n) is 1.07. The number of aliphatic imine (C=N–C) groups is 1. The van der Waals surface area contributed by atoms with Gasteiger partial charge in [0, 0.05) is 6.21 Å². The van der Waals surface area contributed by atoms with Crippen LogP contribution >= 0.6 is 32.9 Å². The summed E-state index contributed by atoms with van der Waals surface area (Å²) in [5.41, 5.74) is 2.14. The van der Waals surface area contributed by atoms with Crippen LogP contribution in [0.15, 0.2) is 35.3 Å². The molecule has 0 saturated heterocycles. The molecule has 0 spiro atoms. The second-order valence-electron chi connectivity index (χ2n) is 3.04. The fraction of sp³-hybridized carbons (Fsp3) is 0.0909. The Labute approximate surface area is 101 Å². The molecule has 0 aliphatic rings. The van der Waals surface area contributed by atoms with Gasteiger partial charge >= 0.3 is 0 Å². The summed E-state index contributed by atoms with van der Waals surface area (Å²) in [5, 5.41) is 0. The Morgan fingerprint density at radius 3 is 2.53 bits per heavy atom. The van der Waals surface area contributed by atoms with Gasteiger partial charge in [0.2, 0.25) is 0 Å². The molecule has 0 N–H and O–H groups in total. The lowest BCUT2D eigenvalue weighted by Crippen LogP contribution is -1.77. The van der Waals surface area contributed by atoms with E-state index in [1.54, 1.807) is 20.7 Å². The Morgan fingerprint density at radius 2 is 1.93 bits per heavy atom. The molecular weight excluding hydrogens is 242 g/mol. The van der Waals surface area contributed by atoms with Gasteiger partial charge in [-0.1, -0.05) is 51.1 Å². The molecule has 0 fully saturated rings. The average molecular weight is 251 g/mol. The van der Waals surface area contributed by atoms with Crippen molar-refractivity contribution in [3.63, 3.8) is 0 Å². The van der Waals surface area contributed by atoms with Crippen LogP contribution in [0, 0.1) is 10.7 Å². The number of hydrogen-bond acceptors (Lipinski definition) is 4. The summed E-state index contributed by atoms with van der Waals surface area (Å²) in [6.45, 7) is 2.04. The van der Waals surface area contributed by atoms with Crippen molar-refractivity contribution in [2.75, 3.05) is 0 Å². The van der Waals surface area contributed by atoms with Gasteiger partial charge in [-0.15, -0.1) is 0 Å². The van der Waals surface area contributed by atoms with Crippen LogP contribution < -0.4 is 0 Å². The molecule has 15 heavy (non-hydrogen) atoms. The SMILES string of the molecule is Cc1c(/C=N/c2ccccc2)ssc1=S. The van der Waals surface area contributed by atoms with Crippen molar-refractivity contribution in [2.24, 2.45) is 4.99 Å². The van der Waals surface area contributed by atoms with E-state index < -0.39 is 0 Å². The molecule has 2 aromatic rings. The first-order valence-electron chi connectivity index (χ1n) is 4.46. The molecule has 2 rings (SSSR count). The van der Waals surface area contributed by atoms with Crippen LogP contribution in [0.25, 0.3) is 0 Å². The van der Waals surface area contributed by atoms with Crippen molar-refractivity contribution >= 4 is 44.8 Å². The van der Waals surface area contributed by atoms with E-state index >= 15 is 0 Å². The highest BCUT2D eigenvalue weighted by atomic mass is 32.9. The molecule has 0 aliphatic heterocycles. The third-order valence-corrected chi connectivity index (χ3v) is 5.26. The molecule has 0 atom stereocenters. The summed E-state index contributed by atoms with van der Waals surface area (Å²) in [5.74, 6) is 0. The Bertz CT molecular complexity index is 522. The Hall–Kier alpha value is -0.840. The summed E-state index contributed by atoms with van der Waals surface area (Å²) in [7, 11) is 3.31. The van der Waals surface area contributed by atoms with E-state index in [-0.39, 0.29) is 0 Å². The van der Waals surface area contributed by atoms with Crippen LogP contribution in [0.5, 0.6) is 0 Å². The third kappa shape index (κ3) is 2.59. The zero-order valence-electron chi connectivity index (χ0n) is 8.14. The van der Waals surface area contributed by atoms with E-state index in [0.29, 0.717) is 0 Å². The van der Waals surface area contributed by atoms with Crippen LogP contribution in [0.2, 0.25) is 0 Å². The molecule has 4 heteroatoms. The highest BCUT2D eigenvalue weighted by molar-refractivity contribution is 7.79. The molecule has 0 amide bonds. The fourth-order valence-corrected chi connectivity index (χ4v) is 3.72. The average Bonchev–Trinajstić information content (AvgIpc) is 2.59. The van der Waals surface area contributed by atoms with Gasteiger partial charge in [0.15, 0.2) is 0 Å². The van der Waals surface area contributed by atoms with Gasteiger partial charge in [-0.3, -0.25) is 4.99 Å². The van der Waals surface area contributed by atoms with Crippen molar-refractivity contribution in [3.05, 3.63) is 44.6 Å². The number of rotatable bonds is 2. The van der Waals surface area contributed by atoms with E-state index in [1.165, 1.54) is 5.56 Å². The Kier molecular flexibility index (Phi) is 3.41. The normalized spacial score (nSPS) is 11.0. The molecular formula is C11H9NS3. The lowest BCUT2D eigenvalue weighted by atomic mass is 10.3. The molecule has 1 nitrogen and oxygen atoms in total. The standard InChI is InChI=1S/C11H9NS3/c1-8-10(14-15-11(8)13)7-12-9-5-3-2-4-6-9/h2-7H,1H3/b12-7+. The van der Waals surface area contributed by atoms with E-state index in [0.717, 1.165) is 14.4 Å². The molecule has 76 valence electrons. The van der Waals surface area contributed by atoms with Gasteiger partial charge in [-0.05, 0) is 24.6 Å². The maximum atomic E-state index is 5.17. The van der Waals surface area contributed by atoms with Gasteiger partial charge in [-0.25, -0.2) is 0 Å². The van der Waals surface area contributed by atoms with Gasteiger partial charge < -0.3 is 0 Å². The Morgan fingerprint density at radius 1 is 1.20 bits per heavy atom. The minimum atomic E-state index is 0.967. The smallest absolute Gasteiger partial charge is 0.105 e. The maximum absolute atomic E-state index is 5.17. The van der Waals surface area contributed by atoms with Gasteiger partial charge in [0.1, 0.15) is 3.82 Å². The predicted octanol–water partition coefficient (Wildman–Crippen LogP) is 4.60. The molecule has 1 aromatic carbocycles. The third-order valence-electron chi connectivity index (χ3n) is 1.97. The highest BCUT2D eigenvalue weighted by Gasteiger charge is 1.99. The van der Waals surface area contributed by atoms with Crippen molar-refractivity contribution in [1.29, 1.82) is 0 Å². The largest absolute Gasteiger partial charge is 0.255 e. The molecule has 0 radical (unpaired) electrons. The monoisotopic (exact) mass is 251 g/mol. The summed E-state index contributed by atoms with van der Waals surface area (Å²) in [4.78, 5) is 5.56. The number of para-hydroxylation sites is 1. The molecule has 0 bridgehead atoms. The van der Waals surface area contributed by atoms with Crippen LogP contribution in [0.1, 0.15) is 10.4 Å². The van der Waals surface area contributed by atoms with E-state index in [9.17, 15) is 0 Å². The number of benzene rings is 1. The van der Waals surface area contributed by atoms with Crippen molar-refractivity contribution in [3.8, 4) is 0 Å². The quantitative estimate of drug-likeness (QED) is 0.432. The Balaban J connectivity index is 2.26. The first kappa shape index (κ1) is 10.7. The summed E-state index contributed by atoms with van der Waals surface area (Å²) < 4.78 is 0.967. The zero-order valence-corrected chi connectivity index (χ0v) is 10.6. The second kappa shape index (κ2) is 4.79. The predicted molar refractivity (Wildman–Crippen MR) is 71.5 cm³/mol. The van der Waals surface area contributed by atoms with Gasteiger partial charge in [0.25, 0.3) is 0 Å². The van der Waals surface area contributed by atoms with E-state index in [1.807, 2.05) is 43.5 Å². The van der Waals surface area contributed by atoms with Crippen molar-refractivity contribution in [1.82, 2.24) is 0 Å². The van der Waals surface area contributed by atoms with Crippen LogP contribution in [0.3, 0.4) is 0 Å². The zero-order chi connectivity index (χ0) is 10.7. The summed E-state index contributed by atoms with van der Waals surface area (Å²) in [6, 6.07) is 9.91. The number of hydrogen-bond donors (Lipinski definition) is 0. The second-order valence-corrected chi connectivity index (χ2v) is 5.89. The minimum absolute atomic E-state index is 0.967. The van der Waals surface area contributed by atoms with E-state index in [4.69, 9.17) is 12.2 Å². The van der Waals surface area contributed by atoms with Crippen molar-refractivity contribution < 1.29 is 0 Å². The minimum Gasteiger partial charge on any atom is -0.255 e.